The van der Waals surface area contributed by atoms with E-state index < -0.39 is 0 Å². The molecule has 0 N–H and O–H groups in total. The lowest BCUT2D eigenvalue weighted by Crippen LogP contribution is -2.36. The van der Waals surface area contributed by atoms with Crippen LogP contribution in [0.4, 0.5) is 0 Å². The largest absolute Gasteiger partial charge is 0.0852 e. The second kappa shape index (κ2) is 7.01. The van der Waals surface area contributed by atoms with Crippen molar-refractivity contribution in [2.24, 2.45) is 0 Å². The molecule has 0 fully saturated rings. The summed E-state index contributed by atoms with van der Waals surface area (Å²) in [5.74, 6) is 0. The summed E-state index contributed by atoms with van der Waals surface area (Å²) in [6.45, 7) is 0. The Labute approximate surface area is 131 Å². The first-order chi connectivity index (χ1) is 4.60. The van der Waals surface area contributed by atoms with Gasteiger partial charge in [-0.3, -0.25) is 0 Å². The molecule has 5 heteroatoms. The van der Waals surface area contributed by atoms with Crippen molar-refractivity contribution in [1.82, 2.24) is 0 Å². The smallest absolute Gasteiger partial charge is 0.0525 e. The van der Waals surface area contributed by atoms with E-state index in [1.165, 1.54) is 13.3 Å². The fourth-order valence-electron chi connectivity index (χ4n) is 0.341. The topological polar surface area (TPSA) is 0 Å². The summed E-state index contributed by atoms with van der Waals surface area (Å²) in [6, 6.07) is 0. The van der Waals surface area contributed by atoms with Crippen molar-refractivity contribution < 1.29 is 0 Å². The number of hydrogen-bond donors (Lipinski definition) is 0. The molecule has 0 amide bonds. The van der Waals surface area contributed by atoms with Gasteiger partial charge in [-0.25, -0.2) is 0 Å². The quantitative estimate of drug-likeness (QED) is 0.304. The van der Waals surface area contributed by atoms with Crippen molar-refractivity contribution in [3.63, 3.8) is 0 Å². The number of alkyl halides is 5. The normalized spacial score (nSPS) is 15.3. The Hall–Kier alpha value is 3.65. The van der Waals surface area contributed by atoms with Crippen LogP contribution in [-0.4, -0.2) is 20.6 Å². The fourth-order valence-corrected chi connectivity index (χ4v) is 7.01. The third-order valence-electron chi connectivity index (χ3n) is 1.14. The summed E-state index contributed by atoms with van der Waals surface area (Å²) in [4.78, 5) is 0. The molecule has 0 aliphatic carbocycles. The van der Waals surface area contributed by atoms with Crippen LogP contribution < -0.4 is 0 Å². The molecule has 0 spiro atoms. The third kappa shape index (κ3) is 4.24. The molecule has 1 atom stereocenters. The van der Waals surface area contributed by atoms with Gasteiger partial charge < -0.3 is 0 Å². The molecule has 10 heavy (non-hydrogen) atoms. The summed E-state index contributed by atoms with van der Waals surface area (Å²) in [6.07, 6.45) is 0. The third-order valence-corrected chi connectivity index (χ3v) is 13.7. The number of halogens is 5. The summed E-state index contributed by atoms with van der Waals surface area (Å²) < 4.78 is 5.09. The van der Waals surface area contributed by atoms with Gasteiger partial charge >= 0.3 is 0 Å². The van der Waals surface area contributed by atoms with E-state index in [2.05, 4.69) is 113 Å². The SMILES string of the molecule is ICC(I)C(I)(CI)CI. The summed E-state index contributed by atoms with van der Waals surface area (Å²) in [5, 5.41) is 0. The van der Waals surface area contributed by atoms with Crippen LogP contribution in [0, 0.1) is 0 Å². The van der Waals surface area contributed by atoms with Crippen LogP contribution in [-0.2, 0) is 0 Å². The number of hydrogen-bond acceptors (Lipinski definition) is 0. The molecule has 0 aliphatic rings. The van der Waals surface area contributed by atoms with E-state index in [9.17, 15) is 0 Å². The fraction of sp³-hybridized carbons (Fsp3) is 1.00. The van der Waals surface area contributed by atoms with Crippen molar-refractivity contribution in [2.75, 3.05) is 13.3 Å². The average molecular weight is 702 g/mol. The van der Waals surface area contributed by atoms with Gasteiger partial charge in [0, 0.05) is 17.2 Å². The van der Waals surface area contributed by atoms with Crippen LogP contribution in [0.1, 0.15) is 0 Å². The van der Waals surface area contributed by atoms with E-state index >= 15 is 0 Å². The molecule has 0 radical (unpaired) electrons. The van der Waals surface area contributed by atoms with Crippen LogP contribution in [0.2, 0.25) is 0 Å². The van der Waals surface area contributed by atoms with Gasteiger partial charge in [0.1, 0.15) is 0 Å². The molecular weight excluding hydrogens is 695 g/mol. The first kappa shape index (κ1) is 13.7. The maximum absolute atomic E-state index is 2.60. The average Bonchev–Trinajstić information content (AvgIpc) is 2.01. The van der Waals surface area contributed by atoms with Gasteiger partial charge in [-0.1, -0.05) is 113 Å². The minimum atomic E-state index is 0.515. The molecule has 0 saturated heterocycles. The van der Waals surface area contributed by atoms with Gasteiger partial charge in [-0.2, -0.15) is 0 Å². The van der Waals surface area contributed by atoms with E-state index in [0.29, 0.717) is 3.42 Å². The molecule has 0 bridgehead atoms. The molecule has 0 rings (SSSR count). The first-order valence-corrected chi connectivity index (χ1v) is 9.51. The van der Waals surface area contributed by atoms with Crippen LogP contribution in [0.3, 0.4) is 0 Å². The zero-order chi connectivity index (χ0) is 8.20. The van der Waals surface area contributed by atoms with Crippen molar-refractivity contribution in [3.05, 3.63) is 0 Å². The summed E-state index contributed by atoms with van der Waals surface area (Å²) in [5.41, 5.74) is 0. The lowest BCUT2D eigenvalue weighted by atomic mass is 10.2. The Morgan fingerprint density at radius 1 is 1.10 bits per heavy atom. The Morgan fingerprint density at radius 3 is 1.60 bits per heavy atom. The first-order valence-electron chi connectivity index (χ1n) is 2.61. The standard InChI is InChI=1S/C5H7I5/c6-1-4(9)5(10,2-7)3-8/h4H,1-3H2. The van der Waals surface area contributed by atoms with Gasteiger partial charge in [0.15, 0.2) is 0 Å². The molecule has 0 aliphatic heterocycles. The maximum Gasteiger partial charge on any atom is 0.0525 e. The molecular formula is C5H7I5. The maximum atomic E-state index is 2.60. The second-order valence-corrected chi connectivity index (χ2v) is 7.98. The highest BCUT2D eigenvalue weighted by Crippen LogP contribution is 2.34. The zero-order valence-corrected chi connectivity index (χ0v) is 15.9. The van der Waals surface area contributed by atoms with Crippen molar-refractivity contribution in [2.45, 2.75) is 7.35 Å². The number of rotatable bonds is 4. The second-order valence-electron chi connectivity index (χ2n) is 1.92. The van der Waals surface area contributed by atoms with Gasteiger partial charge in [0.05, 0.1) is 3.42 Å². The van der Waals surface area contributed by atoms with E-state index in [0.717, 1.165) is 3.92 Å². The molecule has 0 nitrogen and oxygen atoms in total. The Balaban J connectivity index is 4.02. The highest BCUT2D eigenvalue weighted by atomic mass is 127. The predicted octanol–water partition coefficient (Wildman–Crippen LogP) is 4.27. The van der Waals surface area contributed by atoms with Crippen LogP contribution in [0.25, 0.3) is 0 Å². The lowest BCUT2D eigenvalue weighted by Gasteiger charge is -2.27. The van der Waals surface area contributed by atoms with Crippen LogP contribution in [0.15, 0.2) is 0 Å². The minimum Gasteiger partial charge on any atom is -0.0852 e. The van der Waals surface area contributed by atoms with Crippen molar-refractivity contribution >= 4 is 113 Å². The molecule has 1 unspecified atom stereocenters. The lowest BCUT2D eigenvalue weighted by molar-refractivity contribution is 0.816. The van der Waals surface area contributed by atoms with Gasteiger partial charge in [-0.05, 0) is 0 Å². The van der Waals surface area contributed by atoms with E-state index in [1.54, 1.807) is 0 Å². The molecule has 0 aromatic carbocycles. The molecule has 62 valence electrons. The Morgan fingerprint density at radius 2 is 1.50 bits per heavy atom. The van der Waals surface area contributed by atoms with Gasteiger partial charge in [0.2, 0.25) is 0 Å². The molecule has 0 aromatic rings. The molecule has 0 saturated carbocycles. The molecule has 0 aromatic heterocycles. The molecule has 0 heterocycles. The highest BCUT2D eigenvalue weighted by molar-refractivity contribution is 14.1. The van der Waals surface area contributed by atoms with E-state index in [-0.39, 0.29) is 0 Å². The van der Waals surface area contributed by atoms with E-state index in [1.807, 2.05) is 0 Å². The highest BCUT2D eigenvalue weighted by Gasteiger charge is 2.31. The van der Waals surface area contributed by atoms with Crippen molar-refractivity contribution in [1.29, 1.82) is 0 Å². The Bertz CT molecular complexity index is 90.0. The predicted molar refractivity (Wildman–Crippen MR) is 91.2 cm³/mol. The summed E-state index contributed by atoms with van der Waals surface area (Å²) >= 11 is 12.6. The minimum absolute atomic E-state index is 0.515. The zero-order valence-electron chi connectivity index (χ0n) is 5.09. The van der Waals surface area contributed by atoms with Crippen LogP contribution in [0.5, 0.6) is 0 Å². The summed E-state index contributed by atoms with van der Waals surface area (Å²) in [7, 11) is 0. The Kier molecular flexibility index (Phi) is 9.57. The monoisotopic (exact) mass is 702 g/mol. The van der Waals surface area contributed by atoms with E-state index in [4.69, 9.17) is 0 Å². The van der Waals surface area contributed by atoms with Gasteiger partial charge in [-0.15, -0.1) is 0 Å². The van der Waals surface area contributed by atoms with Gasteiger partial charge in [0.25, 0.3) is 0 Å². The van der Waals surface area contributed by atoms with Crippen LogP contribution >= 0.6 is 113 Å². The van der Waals surface area contributed by atoms with Crippen molar-refractivity contribution in [3.8, 4) is 0 Å².